The predicted molar refractivity (Wildman–Crippen MR) is 88.7 cm³/mol. The minimum atomic E-state index is -4.59. The molecule has 25 heavy (non-hydrogen) atoms. The van der Waals surface area contributed by atoms with Gasteiger partial charge in [-0.15, -0.1) is 0 Å². The number of amides is 1. The van der Waals surface area contributed by atoms with Crippen molar-refractivity contribution in [2.75, 3.05) is 6.54 Å². The summed E-state index contributed by atoms with van der Waals surface area (Å²) in [4.78, 5) is 28.0. The molecule has 136 valence electrons. The topological polar surface area (TPSA) is 129 Å². The first-order valence-corrected chi connectivity index (χ1v) is 9.36. The van der Waals surface area contributed by atoms with Crippen LogP contribution in [-0.4, -0.2) is 33.9 Å². The summed E-state index contributed by atoms with van der Waals surface area (Å²) < 4.78 is 21.5. The van der Waals surface area contributed by atoms with Crippen LogP contribution in [0.25, 0.3) is 0 Å². The van der Waals surface area contributed by atoms with E-state index in [2.05, 4.69) is 5.32 Å². The van der Waals surface area contributed by atoms with E-state index >= 15 is 0 Å². The van der Waals surface area contributed by atoms with E-state index in [4.69, 9.17) is 24.3 Å². The number of ether oxygens (including phenoxy) is 1. The number of hydrogen-bond acceptors (Lipinski definition) is 5. The third-order valence-electron chi connectivity index (χ3n) is 3.91. The fourth-order valence-electron chi connectivity index (χ4n) is 2.60. The van der Waals surface area contributed by atoms with Gasteiger partial charge in [0.25, 0.3) is 0 Å². The first-order valence-electron chi connectivity index (χ1n) is 7.83. The van der Waals surface area contributed by atoms with Crippen molar-refractivity contribution < 1.29 is 28.4 Å². The normalized spacial score (nSPS) is 21.1. The molecule has 2 aliphatic rings. The van der Waals surface area contributed by atoms with Crippen LogP contribution in [0.2, 0.25) is 0 Å². The van der Waals surface area contributed by atoms with Gasteiger partial charge in [-0.3, -0.25) is 9.32 Å². The molecule has 1 unspecified atom stereocenters. The maximum atomic E-state index is 11.0. The minimum Gasteiger partial charge on any atom is -0.485 e. The monoisotopic (exact) mass is 368 g/mol. The van der Waals surface area contributed by atoms with Crippen molar-refractivity contribution in [1.82, 2.24) is 5.32 Å². The summed E-state index contributed by atoms with van der Waals surface area (Å²) in [6, 6.07) is 6.97. The number of nitriles is 1. The summed E-state index contributed by atoms with van der Waals surface area (Å²) in [5.41, 5.74) is 0.316. The standard InChI is InChI=1S/C12H14NO5P.C4H7NO/c1-12(2)11(18-19(14,15)16)6-9-5-8(7-13)3-4-10(9)17-12;6-4-2-1-3-5-4/h3-5,11H,6H2,1-2H3,(H2,14,15,16);1-3H2,(H,5,6). The van der Waals surface area contributed by atoms with Gasteiger partial charge in [-0.1, -0.05) is 0 Å². The molecule has 1 atom stereocenters. The first kappa shape index (κ1) is 19.4. The molecule has 0 radical (unpaired) electrons. The molecule has 0 aliphatic carbocycles. The van der Waals surface area contributed by atoms with E-state index in [1.165, 1.54) is 0 Å². The third kappa shape index (κ3) is 5.55. The predicted octanol–water partition coefficient (Wildman–Crippen LogP) is 1.65. The maximum Gasteiger partial charge on any atom is 0.470 e. The summed E-state index contributed by atoms with van der Waals surface area (Å²) in [5, 5.41) is 11.5. The van der Waals surface area contributed by atoms with Crippen LogP contribution in [0.3, 0.4) is 0 Å². The molecule has 0 bridgehead atoms. The summed E-state index contributed by atoms with van der Waals surface area (Å²) in [6.45, 7) is 4.29. The molecule has 3 N–H and O–H groups in total. The molecular formula is C16H21N2O6P. The fourth-order valence-corrected chi connectivity index (χ4v) is 3.26. The lowest BCUT2D eigenvalue weighted by atomic mass is 9.90. The van der Waals surface area contributed by atoms with Gasteiger partial charge in [0.15, 0.2) is 0 Å². The van der Waals surface area contributed by atoms with Gasteiger partial charge in [0.05, 0.1) is 11.6 Å². The smallest absolute Gasteiger partial charge is 0.470 e. The fraction of sp³-hybridized carbons (Fsp3) is 0.500. The SMILES string of the molecule is CC1(C)Oc2ccc(C#N)cc2CC1OP(=O)(O)O.O=C1CCCN1. The summed E-state index contributed by atoms with van der Waals surface area (Å²) in [6.07, 6.45) is 1.26. The second kappa shape index (κ2) is 7.54. The highest BCUT2D eigenvalue weighted by Gasteiger charge is 2.41. The van der Waals surface area contributed by atoms with Crippen molar-refractivity contribution in [1.29, 1.82) is 5.26 Å². The Labute approximate surface area is 146 Å². The number of carbonyl (C=O) groups is 1. The van der Waals surface area contributed by atoms with Gasteiger partial charge in [0.1, 0.15) is 17.5 Å². The van der Waals surface area contributed by atoms with Crippen molar-refractivity contribution >= 4 is 13.7 Å². The molecule has 2 heterocycles. The van der Waals surface area contributed by atoms with E-state index in [0.717, 1.165) is 19.4 Å². The van der Waals surface area contributed by atoms with Gasteiger partial charge in [0, 0.05) is 19.4 Å². The molecule has 3 rings (SSSR count). The van der Waals surface area contributed by atoms with Crippen LogP contribution in [0.1, 0.15) is 37.8 Å². The Balaban J connectivity index is 0.000000316. The molecule has 1 aromatic carbocycles. The second-order valence-corrected chi connectivity index (χ2v) is 7.57. The Hall–Kier alpha value is -1.91. The van der Waals surface area contributed by atoms with E-state index in [1.54, 1.807) is 32.0 Å². The van der Waals surface area contributed by atoms with Gasteiger partial charge < -0.3 is 19.8 Å². The Morgan fingerprint density at radius 1 is 1.44 bits per heavy atom. The average Bonchev–Trinajstić information content (AvgIpc) is 2.97. The highest BCUT2D eigenvalue weighted by Crippen LogP contribution is 2.44. The lowest BCUT2D eigenvalue weighted by Gasteiger charge is -2.39. The molecular weight excluding hydrogens is 347 g/mol. The van der Waals surface area contributed by atoms with Crippen molar-refractivity contribution in [3.63, 3.8) is 0 Å². The number of phosphoric acid groups is 1. The lowest BCUT2D eigenvalue weighted by molar-refractivity contribution is -0.119. The van der Waals surface area contributed by atoms with E-state index in [1.807, 2.05) is 6.07 Å². The van der Waals surface area contributed by atoms with Crippen molar-refractivity contribution in [3.8, 4) is 11.8 Å². The Morgan fingerprint density at radius 2 is 2.16 bits per heavy atom. The van der Waals surface area contributed by atoms with Crippen LogP contribution in [0, 0.1) is 11.3 Å². The summed E-state index contributed by atoms with van der Waals surface area (Å²) in [5.74, 6) is 0.810. The zero-order chi connectivity index (χ0) is 18.7. The van der Waals surface area contributed by atoms with Gasteiger partial charge in [-0.05, 0) is 44.0 Å². The number of rotatable bonds is 2. The van der Waals surface area contributed by atoms with Crippen LogP contribution >= 0.6 is 7.82 Å². The molecule has 1 aromatic rings. The molecule has 1 saturated heterocycles. The number of nitrogens with one attached hydrogen (secondary N) is 1. The van der Waals surface area contributed by atoms with Gasteiger partial charge in [-0.25, -0.2) is 4.57 Å². The van der Waals surface area contributed by atoms with E-state index in [0.29, 0.717) is 16.9 Å². The van der Waals surface area contributed by atoms with E-state index < -0.39 is 19.5 Å². The summed E-state index contributed by atoms with van der Waals surface area (Å²) >= 11 is 0. The van der Waals surface area contributed by atoms with E-state index in [-0.39, 0.29) is 12.3 Å². The third-order valence-corrected chi connectivity index (χ3v) is 4.44. The zero-order valence-electron chi connectivity index (χ0n) is 14.1. The largest absolute Gasteiger partial charge is 0.485 e. The number of hydrogen-bond donors (Lipinski definition) is 3. The Kier molecular flexibility index (Phi) is 5.86. The Bertz CT molecular complexity index is 729. The van der Waals surface area contributed by atoms with Gasteiger partial charge >= 0.3 is 7.82 Å². The van der Waals surface area contributed by atoms with E-state index in [9.17, 15) is 9.36 Å². The van der Waals surface area contributed by atoms with Crippen LogP contribution in [0.4, 0.5) is 0 Å². The maximum absolute atomic E-state index is 11.0. The molecule has 8 nitrogen and oxygen atoms in total. The highest BCUT2D eigenvalue weighted by molar-refractivity contribution is 7.46. The average molecular weight is 368 g/mol. The number of carbonyl (C=O) groups excluding carboxylic acids is 1. The number of benzene rings is 1. The van der Waals surface area contributed by atoms with Gasteiger partial charge in [-0.2, -0.15) is 5.26 Å². The van der Waals surface area contributed by atoms with Crippen LogP contribution in [0.5, 0.6) is 5.75 Å². The van der Waals surface area contributed by atoms with Crippen LogP contribution in [-0.2, 0) is 20.3 Å². The molecule has 1 amide bonds. The van der Waals surface area contributed by atoms with Crippen LogP contribution in [0.15, 0.2) is 18.2 Å². The lowest BCUT2D eigenvalue weighted by Crippen LogP contribution is -2.47. The molecule has 9 heteroatoms. The summed E-state index contributed by atoms with van der Waals surface area (Å²) in [7, 11) is -4.59. The molecule has 0 saturated carbocycles. The number of fused-ring (bicyclic) bond motifs is 1. The Morgan fingerprint density at radius 3 is 2.64 bits per heavy atom. The van der Waals surface area contributed by atoms with Crippen LogP contribution < -0.4 is 10.1 Å². The minimum absolute atomic E-state index is 0.204. The second-order valence-electron chi connectivity index (χ2n) is 6.38. The first-order chi connectivity index (χ1) is 11.6. The molecule has 0 aromatic heterocycles. The zero-order valence-corrected chi connectivity index (χ0v) is 15.0. The van der Waals surface area contributed by atoms with Crippen molar-refractivity contribution in [2.45, 2.75) is 44.8 Å². The number of nitrogens with zero attached hydrogens (tertiary/aromatic N) is 1. The molecule has 0 spiro atoms. The van der Waals surface area contributed by atoms with Crippen molar-refractivity contribution in [2.24, 2.45) is 0 Å². The molecule has 2 aliphatic heterocycles. The number of phosphoric ester groups is 1. The van der Waals surface area contributed by atoms with Gasteiger partial charge in [0.2, 0.25) is 5.91 Å². The quantitative estimate of drug-likeness (QED) is 0.677. The highest BCUT2D eigenvalue weighted by atomic mass is 31.2. The molecule has 1 fully saturated rings. The van der Waals surface area contributed by atoms with Crippen molar-refractivity contribution in [3.05, 3.63) is 29.3 Å².